The number of nitrogens with zero attached hydrogens (tertiary/aromatic N) is 3. The smallest absolute Gasteiger partial charge is 0.174 e. The molecule has 0 amide bonds. The largest absolute Gasteiger partial charge is 0.309 e. The van der Waals surface area contributed by atoms with Crippen LogP contribution in [-0.2, 0) is 0 Å². The first-order valence-electron chi connectivity index (χ1n) is 5.43. The molecule has 0 aromatic carbocycles. The van der Waals surface area contributed by atoms with Crippen molar-refractivity contribution in [3.05, 3.63) is 30.4 Å². The summed E-state index contributed by atoms with van der Waals surface area (Å²) in [7, 11) is 0. The van der Waals surface area contributed by atoms with E-state index in [1.165, 1.54) is 11.5 Å². The van der Waals surface area contributed by atoms with Gasteiger partial charge in [-0.1, -0.05) is 18.7 Å². The molecular formula is C11H14N4S2. The van der Waals surface area contributed by atoms with Gasteiger partial charge >= 0.3 is 0 Å². The van der Waals surface area contributed by atoms with Gasteiger partial charge < -0.3 is 5.32 Å². The van der Waals surface area contributed by atoms with E-state index in [-0.39, 0.29) is 0 Å². The highest BCUT2D eigenvalue weighted by Crippen LogP contribution is 2.27. The van der Waals surface area contributed by atoms with Gasteiger partial charge in [-0.05, 0) is 37.1 Å². The zero-order chi connectivity index (χ0) is 12.1. The third kappa shape index (κ3) is 3.49. The molecule has 2 heterocycles. The highest BCUT2D eigenvalue weighted by Gasteiger charge is 2.06. The molecule has 17 heavy (non-hydrogen) atoms. The van der Waals surface area contributed by atoms with Crippen molar-refractivity contribution >= 4 is 23.3 Å². The highest BCUT2D eigenvalue weighted by molar-refractivity contribution is 8.01. The number of rotatable bonds is 5. The molecule has 0 bridgehead atoms. The number of hydrogen-bond donors (Lipinski definition) is 1. The minimum absolute atomic E-state index is 0.292. The predicted octanol–water partition coefficient (Wildman–Crippen LogP) is 2.75. The Morgan fingerprint density at radius 2 is 2.29 bits per heavy atom. The van der Waals surface area contributed by atoms with Gasteiger partial charge in [-0.15, -0.1) is 0 Å². The Balaban J connectivity index is 2.02. The lowest BCUT2D eigenvalue weighted by Gasteiger charge is -2.11. The molecule has 0 saturated carbocycles. The summed E-state index contributed by atoms with van der Waals surface area (Å²) < 4.78 is 4.91. The Hall–Kier alpha value is -0.980. The Morgan fingerprint density at radius 1 is 1.41 bits per heavy atom. The van der Waals surface area contributed by atoms with E-state index in [0.29, 0.717) is 6.04 Å². The molecule has 2 aromatic rings. The Morgan fingerprint density at radius 3 is 2.88 bits per heavy atom. The lowest BCUT2D eigenvalue weighted by atomic mass is 10.2. The van der Waals surface area contributed by atoms with Crippen LogP contribution in [0.4, 0.5) is 0 Å². The number of hydrogen-bond acceptors (Lipinski definition) is 6. The fourth-order valence-electron chi connectivity index (χ4n) is 1.43. The van der Waals surface area contributed by atoms with Crippen LogP contribution < -0.4 is 5.32 Å². The van der Waals surface area contributed by atoms with Crippen LogP contribution in [0.3, 0.4) is 0 Å². The first-order chi connectivity index (χ1) is 8.29. The van der Waals surface area contributed by atoms with E-state index < -0.39 is 0 Å². The van der Waals surface area contributed by atoms with E-state index >= 15 is 0 Å². The average Bonchev–Trinajstić information content (AvgIpc) is 2.83. The van der Waals surface area contributed by atoms with Crippen LogP contribution in [0.2, 0.25) is 0 Å². The molecule has 6 heteroatoms. The van der Waals surface area contributed by atoms with Gasteiger partial charge in [0.15, 0.2) is 4.34 Å². The van der Waals surface area contributed by atoms with E-state index in [1.807, 2.05) is 6.20 Å². The topological polar surface area (TPSA) is 50.7 Å². The summed E-state index contributed by atoms with van der Waals surface area (Å²) in [4.78, 5) is 9.67. The summed E-state index contributed by atoms with van der Waals surface area (Å²) >= 11 is 2.99. The van der Waals surface area contributed by atoms with Gasteiger partial charge in [0.25, 0.3) is 0 Å². The molecule has 2 aromatic heterocycles. The summed E-state index contributed by atoms with van der Waals surface area (Å²) in [5.74, 6) is 0. The van der Waals surface area contributed by atoms with E-state index in [4.69, 9.17) is 0 Å². The maximum Gasteiger partial charge on any atom is 0.174 e. The van der Waals surface area contributed by atoms with Gasteiger partial charge in [0.1, 0.15) is 6.33 Å². The zero-order valence-corrected chi connectivity index (χ0v) is 11.4. The fourth-order valence-corrected chi connectivity index (χ4v) is 2.82. The van der Waals surface area contributed by atoms with Crippen molar-refractivity contribution in [1.82, 2.24) is 19.7 Å². The van der Waals surface area contributed by atoms with Crippen LogP contribution in [0.5, 0.6) is 0 Å². The van der Waals surface area contributed by atoms with Crippen LogP contribution in [0, 0.1) is 0 Å². The van der Waals surface area contributed by atoms with Crippen LogP contribution in [0.15, 0.2) is 33.9 Å². The summed E-state index contributed by atoms with van der Waals surface area (Å²) in [6.07, 6.45) is 3.46. The van der Waals surface area contributed by atoms with Crippen molar-refractivity contribution in [3.8, 4) is 0 Å². The standard InChI is InChI=1S/C11H14N4S2/c1-3-12-8(2)10-5-4-9(6-13-10)16-11-14-7-15-17-11/h4-8,12H,3H2,1-2H3. The normalized spacial score (nSPS) is 12.6. The minimum atomic E-state index is 0.292. The summed E-state index contributed by atoms with van der Waals surface area (Å²) in [6.45, 7) is 5.16. The minimum Gasteiger partial charge on any atom is -0.309 e. The van der Waals surface area contributed by atoms with Gasteiger partial charge in [0, 0.05) is 17.1 Å². The summed E-state index contributed by atoms with van der Waals surface area (Å²) in [5, 5.41) is 3.34. The van der Waals surface area contributed by atoms with E-state index in [2.05, 4.69) is 45.6 Å². The van der Waals surface area contributed by atoms with Crippen LogP contribution >= 0.6 is 23.3 Å². The Kier molecular flexibility index (Phi) is 4.47. The van der Waals surface area contributed by atoms with Gasteiger partial charge in [0.05, 0.1) is 5.69 Å². The molecule has 0 aliphatic rings. The van der Waals surface area contributed by atoms with Crippen LogP contribution in [0.25, 0.3) is 0 Å². The van der Waals surface area contributed by atoms with Crippen molar-refractivity contribution in [1.29, 1.82) is 0 Å². The monoisotopic (exact) mass is 266 g/mol. The van der Waals surface area contributed by atoms with Gasteiger partial charge in [-0.3, -0.25) is 4.98 Å². The second kappa shape index (κ2) is 6.09. The number of pyridine rings is 1. The van der Waals surface area contributed by atoms with E-state index in [9.17, 15) is 0 Å². The molecule has 4 nitrogen and oxygen atoms in total. The lowest BCUT2D eigenvalue weighted by molar-refractivity contribution is 0.582. The van der Waals surface area contributed by atoms with Crippen LogP contribution in [0.1, 0.15) is 25.6 Å². The number of nitrogens with one attached hydrogen (secondary N) is 1. The molecule has 2 rings (SSSR count). The van der Waals surface area contributed by atoms with Crippen LogP contribution in [-0.4, -0.2) is 20.9 Å². The Labute approximate surface area is 109 Å². The second-order valence-corrected chi connectivity index (χ2v) is 5.61. The average molecular weight is 266 g/mol. The first-order valence-corrected chi connectivity index (χ1v) is 7.02. The highest BCUT2D eigenvalue weighted by atomic mass is 32.2. The fraction of sp³-hybridized carbons (Fsp3) is 0.364. The maximum atomic E-state index is 4.45. The van der Waals surface area contributed by atoms with Crippen molar-refractivity contribution in [2.75, 3.05) is 6.54 Å². The predicted molar refractivity (Wildman–Crippen MR) is 70.4 cm³/mol. The SMILES string of the molecule is CCNC(C)c1ccc(Sc2ncns2)cn1. The molecule has 0 radical (unpaired) electrons. The molecule has 0 aliphatic heterocycles. The summed E-state index contributed by atoms with van der Waals surface area (Å²) in [6, 6.07) is 4.42. The second-order valence-electron chi connectivity index (χ2n) is 3.51. The molecule has 0 aliphatic carbocycles. The molecule has 1 atom stereocenters. The molecule has 1 unspecified atom stereocenters. The van der Waals surface area contributed by atoms with Gasteiger partial charge in [-0.25, -0.2) is 4.98 Å². The molecule has 0 spiro atoms. The van der Waals surface area contributed by atoms with E-state index in [1.54, 1.807) is 18.1 Å². The van der Waals surface area contributed by atoms with E-state index in [0.717, 1.165) is 21.5 Å². The van der Waals surface area contributed by atoms with Crippen molar-refractivity contribution in [2.24, 2.45) is 0 Å². The van der Waals surface area contributed by atoms with Gasteiger partial charge in [-0.2, -0.15) is 4.37 Å². The van der Waals surface area contributed by atoms with Crippen molar-refractivity contribution < 1.29 is 0 Å². The molecule has 90 valence electrons. The Bertz CT molecular complexity index is 441. The lowest BCUT2D eigenvalue weighted by Crippen LogP contribution is -2.18. The van der Waals surface area contributed by atoms with Crippen molar-refractivity contribution in [2.45, 2.75) is 29.1 Å². The quantitative estimate of drug-likeness (QED) is 0.902. The zero-order valence-electron chi connectivity index (χ0n) is 9.75. The van der Waals surface area contributed by atoms with Crippen molar-refractivity contribution in [3.63, 3.8) is 0 Å². The number of aromatic nitrogens is 3. The first kappa shape index (κ1) is 12.5. The molecule has 1 N–H and O–H groups in total. The molecular weight excluding hydrogens is 252 g/mol. The maximum absolute atomic E-state index is 4.45. The third-order valence-electron chi connectivity index (χ3n) is 2.26. The molecule has 0 saturated heterocycles. The molecule has 0 fully saturated rings. The summed E-state index contributed by atoms with van der Waals surface area (Å²) in [5.41, 5.74) is 1.06. The third-order valence-corrected chi connectivity index (χ3v) is 3.95. The van der Waals surface area contributed by atoms with Gasteiger partial charge in [0.2, 0.25) is 0 Å².